The number of rotatable bonds is 5. The van der Waals surface area contributed by atoms with Crippen LogP contribution in [0.15, 0.2) is 24.3 Å². The Kier molecular flexibility index (Phi) is 6.93. The van der Waals surface area contributed by atoms with Gasteiger partial charge in [0.05, 0.1) is 12.9 Å². The van der Waals surface area contributed by atoms with Crippen molar-refractivity contribution in [2.45, 2.75) is 25.1 Å². The molecule has 1 heterocycles. The lowest BCUT2D eigenvalue weighted by Gasteiger charge is -2.30. The molecule has 0 aliphatic carbocycles. The van der Waals surface area contributed by atoms with Crippen molar-refractivity contribution < 1.29 is 13.2 Å². The standard InChI is InChI=1S/C14H22N2O3S.ClH/c1-11-6-7-15-9-14(11)16-20(17,18)10-12-4-3-5-13(8-12)19-2;/h3-5,8,11,14-16H,6-7,9-10H2,1-2H3;1H. The monoisotopic (exact) mass is 334 g/mol. The Morgan fingerprint density at radius 2 is 2.19 bits per heavy atom. The van der Waals surface area contributed by atoms with Gasteiger partial charge in [-0.3, -0.25) is 0 Å². The molecular weight excluding hydrogens is 312 g/mol. The predicted molar refractivity (Wildman–Crippen MR) is 86.4 cm³/mol. The van der Waals surface area contributed by atoms with Crippen LogP contribution >= 0.6 is 12.4 Å². The van der Waals surface area contributed by atoms with Crippen LogP contribution in [0.4, 0.5) is 0 Å². The van der Waals surface area contributed by atoms with Gasteiger partial charge in [-0.25, -0.2) is 13.1 Å². The summed E-state index contributed by atoms with van der Waals surface area (Å²) in [6.45, 7) is 3.73. The Morgan fingerprint density at radius 3 is 2.86 bits per heavy atom. The second kappa shape index (κ2) is 7.98. The molecule has 0 saturated carbocycles. The Morgan fingerprint density at radius 1 is 1.43 bits per heavy atom. The number of nitrogens with one attached hydrogen (secondary N) is 2. The third-order valence-electron chi connectivity index (χ3n) is 3.65. The molecule has 7 heteroatoms. The van der Waals surface area contributed by atoms with E-state index in [2.05, 4.69) is 17.0 Å². The molecule has 1 aromatic rings. The number of benzene rings is 1. The first kappa shape index (κ1) is 18.2. The first-order valence-electron chi connectivity index (χ1n) is 6.84. The summed E-state index contributed by atoms with van der Waals surface area (Å²) in [4.78, 5) is 0. The van der Waals surface area contributed by atoms with Gasteiger partial charge in [-0.1, -0.05) is 19.1 Å². The molecule has 1 aliphatic rings. The summed E-state index contributed by atoms with van der Waals surface area (Å²) in [6.07, 6.45) is 0.992. The Hall–Kier alpha value is -0.820. The summed E-state index contributed by atoms with van der Waals surface area (Å²) in [5.41, 5.74) is 0.730. The lowest BCUT2D eigenvalue weighted by Crippen LogP contribution is -2.50. The quantitative estimate of drug-likeness (QED) is 0.857. The van der Waals surface area contributed by atoms with Crippen LogP contribution in [0, 0.1) is 5.92 Å². The van der Waals surface area contributed by atoms with E-state index in [0.29, 0.717) is 18.2 Å². The molecule has 0 aromatic heterocycles. The largest absolute Gasteiger partial charge is 0.497 e. The van der Waals surface area contributed by atoms with E-state index < -0.39 is 10.0 Å². The predicted octanol–water partition coefficient (Wildman–Crippen LogP) is 1.53. The van der Waals surface area contributed by atoms with Crippen molar-refractivity contribution in [1.29, 1.82) is 0 Å². The van der Waals surface area contributed by atoms with E-state index in [1.807, 2.05) is 0 Å². The Labute approximate surface area is 132 Å². The third-order valence-corrected chi connectivity index (χ3v) is 5.02. The van der Waals surface area contributed by atoms with E-state index in [-0.39, 0.29) is 24.2 Å². The maximum atomic E-state index is 12.2. The summed E-state index contributed by atoms with van der Waals surface area (Å²) >= 11 is 0. The van der Waals surface area contributed by atoms with E-state index in [9.17, 15) is 8.42 Å². The van der Waals surface area contributed by atoms with Crippen LogP contribution in [-0.2, 0) is 15.8 Å². The zero-order valence-electron chi connectivity index (χ0n) is 12.3. The molecule has 1 saturated heterocycles. The topological polar surface area (TPSA) is 67.4 Å². The molecule has 2 rings (SSSR count). The number of sulfonamides is 1. The van der Waals surface area contributed by atoms with Crippen LogP contribution in [-0.4, -0.2) is 34.7 Å². The summed E-state index contributed by atoms with van der Waals surface area (Å²) < 4.78 is 32.4. The van der Waals surface area contributed by atoms with Gasteiger partial charge in [-0.2, -0.15) is 0 Å². The summed E-state index contributed by atoms with van der Waals surface area (Å²) in [5, 5.41) is 3.22. The first-order valence-corrected chi connectivity index (χ1v) is 8.49. The average Bonchev–Trinajstić information content (AvgIpc) is 2.41. The van der Waals surface area contributed by atoms with E-state index >= 15 is 0 Å². The van der Waals surface area contributed by atoms with E-state index in [1.165, 1.54) is 0 Å². The van der Waals surface area contributed by atoms with Crippen LogP contribution < -0.4 is 14.8 Å². The van der Waals surface area contributed by atoms with Crippen LogP contribution in [0.3, 0.4) is 0 Å². The number of piperidine rings is 1. The van der Waals surface area contributed by atoms with Gasteiger partial charge in [0.2, 0.25) is 10.0 Å². The second-order valence-corrected chi connectivity index (χ2v) is 7.06. The van der Waals surface area contributed by atoms with Crippen molar-refractivity contribution in [1.82, 2.24) is 10.0 Å². The molecule has 2 unspecified atom stereocenters. The Bertz CT molecular complexity index is 551. The zero-order chi connectivity index (χ0) is 14.6. The molecule has 21 heavy (non-hydrogen) atoms. The lowest BCUT2D eigenvalue weighted by atomic mass is 9.96. The molecule has 1 aliphatic heterocycles. The van der Waals surface area contributed by atoms with Crippen LogP contribution in [0.1, 0.15) is 18.9 Å². The summed E-state index contributed by atoms with van der Waals surface area (Å²) in [5.74, 6) is 1.01. The maximum Gasteiger partial charge on any atom is 0.216 e. The van der Waals surface area contributed by atoms with Gasteiger partial charge < -0.3 is 10.1 Å². The van der Waals surface area contributed by atoms with Gasteiger partial charge in [0, 0.05) is 12.6 Å². The summed E-state index contributed by atoms with van der Waals surface area (Å²) in [6, 6.07) is 7.12. The van der Waals surface area contributed by atoms with Crippen molar-refractivity contribution in [2.24, 2.45) is 5.92 Å². The van der Waals surface area contributed by atoms with Crippen molar-refractivity contribution in [3.63, 3.8) is 0 Å². The van der Waals surface area contributed by atoms with Crippen LogP contribution in [0.5, 0.6) is 5.75 Å². The van der Waals surface area contributed by atoms with Crippen LogP contribution in [0.2, 0.25) is 0 Å². The molecule has 2 N–H and O–H groups in total. The highest BCUT2D eigenvalue weighted by Gasteiger charge is 2.25. The highest BCUT2D eigenvalue weighted by molar-refractivity contribution is 7.88. The van der Waals surface area contributed by atoms with E-state index in [4.69, 9.17) is 4.74 Å². The molecule has 2 atom stereocenters. The zero-order valence-corrected chi connectivity index (χ0v) is 14.0. The highest BCUT2D eigenvalue weighted by Crippen LogP contribution is 2.16. The van der Waals surface area contributed by atoms with Crippen molar-refractivity contribution >= 4 is 22.4 Å². The molecule has 0 bridgehead atoms. The van der Waals surface area contributed by atoms with Crippen LogP contribution in [0.25, 0.3) is 0 Å². The van der Waals surface area contributed by atoms with Gasteiger partial charge in [-0.15, -0.1) is 12.4 Å². The Balaban J connectivity index is 0.00000220. The second-order valence-electron chi connectivity index (χ2n) is 5.31. The SMILES string of the molecule is COc1cccc(CS(=O)(=O)NC2CNCCC2C)c1.Cl. The van der Waals surface area contributed by atoms with E-state index in [1.54, 1.807) is 31.4 Å². The fourth-order valence-electron chi connectivity index (χ4n) is 2.40. The smallest absolute Gasteiger partial charge is 0.216 e. The van der Waals surface area contributed by atoms with Crippen molar-refractivity contribution in [2.75, 3.05) is 20.2 Å². The molecule has 1 aromatic carbocycles. The number of hydrogen-bond donors (Lipinski definition) is 2. The van der Waals surface area contributed by atoms with Gasteiger partial charge in [-0.05, 0) is 36.6 Å². The normalized spacial score (nSPS) is 22.4. The molecule has 0 spiro atoms. The fourth-order valence-corrected chi connectivity index (χ4v) is 3.88. The minimum absolute atomic E-state index is 0. The number of halogens is 1. The molecule has 1 fully saturated rings. The van der Waals surface area contributed by atoms with Gasteiger partial charge >= 0.3 is 0 Å². The summed E-state index contributed by atoms with van der Waals surface area (Å²) in [7, 11) is -1.77. The molecule has 0 radical (unpaired) electrons. The number of hydrogen-bond acceptors (Lipinski definition) is 4. The fraction of sp³-hybridized carbons (Fsp3) is 0.571. The van der Waals surface area contributed by atoms with Crippen molar-refractivity contribution in [3.05, 3.63) is 29.8 Å². The van der Waals surface area contributed by atoms with Gasteiger partial charge in [0.15, 0.2) is 0 Å². The molecule has 0 amide bonds. The lowest BCUT2D eigenvalue weighted by molar-refractivity contribution is 0.327. The number of methoxy groups -OCH3 is 1. The van der Waals surface area contributed by atoms with E-state index in [0.717, 1.165) is 18.5 Å². The number of ether oxygens (including phenoxy) is 1. The first-order chi connectivity index (χ1) is 9.50. The van der Waals surface area contributed by atoms with Crippen molar-refractivity contribution in [3.8, 4) is 5.75 Å². The minimum atomic E-state index is -3.34. The molecule has 5 nitrogen and oxygen atoms in total. The minimum Gasteiger partial charge on any atom is -0.497 e. The highest BCUT2D eigenvalue weighted by atomic mass is 35.5. The van der Waals surface area contributed by atoms with Gasteiger partial charge in [0.1, 0.15) is 5.75 Å². The third kappa shape index (κ3) is 5.47. The average molecular weight is 335 g/mol. The molecule has 120 valence electrons. The maximum absolute atomic E-state index is 12.2. The van der Waals surface area contributed by atoms with Gasteiger partial charge in [0.25, 0.3) is 0 Å². The molecular formula is C14H23ClN2O3S.